The Kier molecular flexibility index (Phi) is 4.32. The van der Waals surface area contributed by atoms with E-state index < -0.39 is 5.60 Å². The van der Waals surface area contributed by atoms with Gasteiger partial charge in [0.15, 0.2) is 0 Å². The third-order valence-corrected chi connectivity index (χ3v) is 6.19. The number of carbonyl (C=O) groups excluding carboxylic acids is 2. The van der Waals surface area contributed by atoms with E-state index in [0.717, 1.165) is 24.0 Å². The van der Waals surface area contributed by atoms with Crippen LogP contribution in [0.3, 0.4) is 0 Å². The Bertz CT molecular complexity index is 1040. The minimum Gasteiger partial charge on any atom is -0.477 e. The van der Waals surface area contributed by atoms with Gasteiger partial charge in [0.05, 0.1) is 29.5 Å². The number of nitrogens with zero attached hydrogens (tertiary/aromatic N) is 2. The molecule has 7 nitrogen and oxygen atoms in total. The molecule has 1 saturated carbocycles. The molecule has 1 unspecified atom stereocenters. The molecule has 1 aliphatic carbocycles. The van der Waals surface area contributed by atoms with E-state index in [1.54, 1.807) is 37.1 Å². The SMILES string of the molecule is CC(C)(O)C(C1CC1)N1Cc2cccc(NC(=O)c3ccnc4c3CCO4)c2C1=O. The molecule has 3 aliphatic rings. The van der Waals surface area contributed by atoms with Gasteiger partial charge in [-0.15, -0.1) is 0 Å². The van der Waals surface area contributed by atoms with Crippen molar-refractivity contribution in [3.8, 4) is 5.88 Å². The standard InChI is InChI=1S/C23H25N3O4/c1-23(2,29)19(13-6-7-13)26-12-14-4-3-5-17(18(14)22(26)28)25-20(27)15-8-10-24-21-16(15)9-11-30-21/h3-5,8,10,13,19,29H,6-7,9,11-12H2,1-2H3,(H,25,27). The van der Waals surface area contributed by atoms with Crippen molar-refractivity contribution in [2.24, 2.45) is 5.92 Å². The summed E-state index contributed by atoms with van der Waals surface area (Å²) >= 11 is 0. The maximum atomic E-state index is 13.4. The first-order chi connectivity index (χ1) is 14.3. The van der Waals surface area contributed by atoms with Crippen molar-refractivity contribution in [3.63, 3.8) is 0 Å². The molecule has 2 aliphatic heterocycles. The summed E-state index contributed by atoms with van der Waals surface area (Å²) in [6.07, 6.45) is 4.24. The number of amides is 2. The van der Waals surface area contributed by atoms with Crippen molar-refractivity contribution >= 4 is 17.5 Å². The number of fused-ring (bicyclic) bond motifs is 2. The lowest BCUT2D eigenvalue weighted by Crippen LogP contribution is -2.51. The second-order valence-corrected chi connectivity index (χ2v) is 8.90. The van der Waals surface area contributed by atoms with Crippen molar-refractivity contribution < 1.29 is 19.4 Å². The lowest BCUT2D eigenvalue weighted by molar-refractivity contribution is -0.0224. The van der Waals surface area contributed by atoms with Gasteiger partial charge in [0.1, 0.15) is 0 Å². The molecule has 7 heteroatoms. The second kappa shape index (κ2) is 6.80. The molecule has 1 fully saturated rings. The van der Waals surface area contributed by atoms with Crippen LogP contribution in [0.1, 0.15) is 58.5 Å². The van der Waals surface area contributed by atoms with E-state index in [0.29, 0.717) is 48.2 Å². The van der Waals surface area contributed by atoms with Gasteiger partial charge in [-0.05, 0) is 50.3 Å². The minimum absolute atomic E-state index is 0.136. The van der Waals surface area contributed by atoms with Crippen LogP contribution in [-0.2, 0) is 13.0 Å². The molecule has 5 rings (SSSR count). The zero-order valence-corrected chi connectivity index (χ0v) is 17.1. The Morgan fingerprint density at radius 2 is 2.13 bits per heavy atom. The number of hydrogen-bond acceptors (Lipinski definition) is 5. The summed E-state index contributed by atoms with van der Waals surface area (Å²) in [5.41, 5.74) is 2.22. The zero-order chi connectivity index (χ0) is 21.0. The van der Waals surface area contributed by atoms with E-state index in [1.165, 1.54) is 0 Å². The van der Waals surface area contributed by atoms with Crippen LogP contribution >= 0.6 is 0 Å². The number of aliphatic hydroxyl groups is 1. The maximum Gasteiger partial charge on any atom is 0.256 e. The van der Waals surface area contributed by atoms with Crippen molar-refractivity contribution in [1.29, 1.82) is 0 Å². The van der Waals surface area contributed by atoms with E-state index >= 15 is 0 Å². The van der Waals surface area contributed by atoms with Gasteiger partial charge in [0.25, 0.3) is 11.8 Å². The molecular weight excluding hydrogens is 382 g/mol. The molecule has 1 aromatic carbocycles. The smallest absolute Gasteiger partial charge is 0.256 e. The number of benzene rings is 1. The fourth-order valence-corrected chi connectivity index (χ4v) is 4.83. The first kappa shape index (κ1) is 19.1. The zero-order valence-electron chi connectivity index (χ0n) is 17.1. The van der Waals surface area contributed by atoms with Crippen LogP contribution in [0.25, 0.3) is 0 Å². The fraction of sp³-hybridized carbons (Fsp3) is 0.435. The minimum atomic E-state index is -0.986. The molecule has 30 heavy (non-hydrogen) atoms. The highest BCUT2D eigenvalue weighted by Gasteiger charge is 2.48. The highest BCUT2D eigenvalue weighted by Crippen LogP contribution is 2.43. The van der Waals surface area contributed by atoms with Crippen molar-refractivity contribution in [1.82, 2.24) is 9.88 Å². The molecular formula is C23H25N3O4. The third-order valence-electron chi connectivity index (χ3n) is 6.19. The number of ether oxygens (including phenoxy) is 1. The number of carbonyl (C=O) groups is 2. The third kappa shape index (κ3) is 3.13. The van der Waals surface area contributed by atoms with Crippen LogP contribution in [0, 0.1) is 5.92 Å². The Morgan fingerprint density at radius 1 is 1.33 bits per heavy atom. The van der Waals surface area contributed by atoms with Gasteiger partial charge in [-0.25, -0.2) is 4.98 Å². The van der Waals surface area contributed by atoms with Crippen LogP contribution in [0.2, 0.25) is 0 Å². The Labute approximate surface area is 175 Å². The molecule has 0 bridgehead atoms. The van der Waals surface area contributed by atoms with Crippen molar-refractivity contribution in [2.75, 3.05) is 11.9 Å². The van der Waals surface area contributed by atoms with Gasteiger partial charge >= 0.3 is 0 Å². The molecule has 2 amide bonds. The monoisotopic (exact) mass is 407 g/mol. The maximum absolute atomic E-state index is 13.4. The summed E-state index contributed by atoms with van der Waals surface area (Å²) in [5.74, 6) is 0.407. The summed E-state index contributed by atoms with van der Waals surface area (Å²) in [6, 6.07) is 6.96. The molecule has 3 heterocycles. The molecule has 1 aromatic heterocycles. The van der Waals surface area contributed by atoms with E-state index in [4.69, 9.17) is 4.74 Å². The van der Waals surface area contributed by atoms with Gasteiger partial charge in [-0.2, -0.15) is 0 Å². The van der Waals surface area contributed by atoms with E-state index in [-0.39, 0.29) is 17.9 Å². The first-order valence-corrected chi connectivity index (χ1v) is 10.4. The lowest BCUT2D eigenvalue weighted by Gasteiger charge is -2.37. The predicted molar refractivity (Wildman–Crippen MR) is 111 cm³/mol. The van der Waals surface area contributed by atoms with Gasteiger partial charge in [0.2, 0.25) is 5.88 Å². The number of nitrogens with one attached hydrogen (secondary N) is 1. The normalized spacial score (nSPS) is 18.6. The van der Waals surface area contributed by atoms with Crippen LogP contribution in [0.5, 0.6) is 5.88 Å². The molecule has 2 aromatic rings. The van der Waals surface area contributed by atoms with Gasteiger partial charge in [0, 0.05) is 30.3 Å². The van der Waals surface area contributed by atoms with Gasteiger partial charge in [-0.1, -0.05) is 12.1 Å². The molecule has 2 N–H and O–H groups in total. The lowest BCUT2D eigenvalue weighted by atomic mass is 9.93. The largest absolute Gasteiger partial charge is 0.477 e. The Morgan fingerprint density at radius 3 is 2.87 bits per heavy atom. The predicted octanol–water partition coefficient (Wildman–Crippen LogP) is 2.77. The van der Waals surface area contributed by atoms with E-state index in [2.05, 4.69) is 10.3 Å². The number of pyridine rings is 1. The number of aromatic nitrogens is 1. The Hall–Kier alpha value is -2.93. The average molecular weight is 407 g/mol. The number of hydrogen-bond donors (Lipinski definition) is 2. The summed E-state index contributed by atoms with van der Waals surface area (Å²) in [7, 11) is 0. The average Bonchev–Trinajstić information content (AvgIpc) is 3.29. The first-order valence-electron chi connectivity index (χ1n) is 10.4. The fourth-order valence-electron chi connectivity index (χ4n) is 4.83. The number of anilines is 1. The molecule has 0 saturated heterocycles. The van der Waals surface area contributed by atoms with Crippen LogP contribution in [0.4, 0.5) is 5.69 Å². The van der Waals surface area contributed by atoms with Crippen molar-refractivity contribution in [2.45, 2.75) is 51.3 Å². The summed E-state index contributed by atoms with van der Waals surface area (Å²) in [5, 5.41) is 13.6. The van der Waals surface area contributed by atoms with Gasteiger partial charge < -0.3 is 20.1 Å². The quantitative estimate of drug-likeness (QED) is 0.795. The molecule has 0 spiro atoms. The highest BCUT2D eigenvalue weighted by molar-refractivity contribution is 6.11. The summed E-state index contributed by atoms with van der Waals surface area (Å²) < 4.78 is 5.46. The van der Waals surface area contributed by atoms with Crippen LogP contribution in [0.15, 0.2) is 30.5 Å². The highest BCUT2D eigenvalue weighted by atomic mass is 16.5. The molecule has 156 valence electrons. The van der Waals surface area contributed by atoms with Crippen LogP contribution in [-0.4, -0.2) is 45.1 Å². The van der Waals surface area contributed by atoms with Crippen molar-refractivity contribution in [3.05, 3.63) is 52.7 Å². The van der Waals surface area contributed by atoms with E-state index in [1.807, 2.05) is 12.1 Å². The van der Waals surface area contributed by atoms with Gasteiger partial charge in [-0.3, -0.25) is 9.59 Å². The Balaban J connectivity index is 1.44. The topological polar surface area (TPSA) is 91.8 Å². The number of rotatable bonds is 5. The molecule has 1 atom stereocenters. The second-order valence-electron chi connectivity index (χ2n) is 8.90. The summed E-state index contributed by atoms with van der Waals surface area (Å²) in [4.78, 5) is 32.3. The van der Waals surface area contributed by atoms with Crippen LogP contribution < -0.4 is 10.1 Å². The summed E-state index contributed by atoms with van der Waals surface area (Å²) in [6.45, 7) is 4.49. The van der Waals surface area contributed by atoms with E-state index in [9.17, 15) is 14.7 Å². The molecule has 0 radical (unpaired) electrons.